The number of carbonyl (C=O) groups is 1. The summed E-state index contributed by atoms with van der Waals surface area (Å²) in [5.74, 6) is 0.536. The molecule has 6 rings (SSSR count). The molecule has 2 saturated heterocycles. The lowest BCUT2D eigenvalue weighted by molar-refractivity contribution is -0.143. The average Bonchev–Trinajstić information content (AvgIpc) is 3.50. The van der Waals surface area contributed by atoms with E-state index >= 15 is 0 Å². The fourth-order valence-corrected chi connectivity index (χ4v) is 6.66. The molecular formula is C30H31ClF3N5O2. The van der Waals surface area contributed by atoms with E-state index in [9.17, 15) is 18.0 Å². The first-order valence-corrected chi connectivity index (χ1v) is 14.3. The number of carbonyl (C=O) groups excluding carboxylic acids is 1. The minimum Gasteiger partial charge on any atom is -0.477 e. The molecule has 3 aliphatic rings. The molecule has 1 spiro atoms. The summed E-state index contributed by atoms with van der Waals surface area (Å²) in [4.78, 5) is 27.4. The largest absolute Gasteiger partial charge is 0.477 e. The number of halogens is 4. The predicted octanol–water partition coefficient (Wildman–Crippen LogP) is 5.46. The number of fused-ring (bicyclic) bond motifs is 2. The highest BCUT2D eigenvalue weighted by Crippen LogP contribution is 2.46. The van der Waals surface area contributed by atoms with Crippen LogP contribution in [0.4, 0.5) is 18.9 Å². The molecular weight excluding hydrogens is 555 g/mol. The van der Waals surface area contributed by atoms with Crippen molar-refractivity contribution >= 4 is 23.2 Å². The molecule has 3 aliphatic heterocycles. The molecule has 1 aromatic carbocycles. The molecule has 2 aromatic heterocycles. The van der Waals surface area contributed by atoms with Gasteiger partial charge < -0.3 is 19.9 Å². The van der Waals surface area contributed by atoms with Crippen molar-refractivity contribution in [2.75, 3.05) is 37.7 Å². The van der Waals surface area contributed by atoms with E-state index in [2.05, 4.69) is 10.3 Å². The number of hydrogen-bond acceptors (Lipinski definition) is 6. The summed E-state index contributed by atoms with van der Waals surface area (Å²) in [5, 5.41) is 3.39. The Hall–Kier alpha value is -3.37. The van der Waals surface area contributed by atoms with Crippen LogP contribution in [-0.2, 0) is 22.9 Å². The first-order chi connectivity index (χ1) is 19.7. The average molecular weight is 586 g/mol. The molecule has 5 heterocycles. The molecule has 0 unspecified atom stereocenters. The first kappa shape index (κ1) is 27.8. The van der Waals surface area contributed by atoms with Gasteiger partial charge in [-0.3, -0.25) is 9.78 Å². The van der Waals surface area contributed by atoms with E-state index in [1.54, 1.807) is 11.1 Å². The lowest BCUT2D eigenvalue weighted by Gasteiger charge is -2.49. The molecule has 0 aliphatic carbocycles. The lowest BCUT2D eigenvalue weighted by Crippen LogP contribution is -2.58. The van der Waals surface area contributed by atoms with Gasteiger partial charge in [-0.15, -0.1) is 0 Å². The van der Waals surface area contributed by atoms with Gasteiger partial charge in [-0.05, 0) is 74.7 Å². The summed E-state index contributed by atoms with van der Waals surface area (Å²) in [6.07, 6.45) is -1.25. The molecule has 1 N–H and O–H groups in total. The number of anilines is 1. The van der Waals surface area contributed by atoms with Crippen LogP contribution in [0.25, 0.3) is 11.3 Å². The van der Waals surface area contributed by atoms with E-state index < -0.39 is 17.2 Å². The lowest BCUT2D eigenvalue weighted by atomic mass is 9.68. The summed E-state index contributed by atoms with van der Waals surface area (Å²) in [7, 11) is 0. The van der Waals surface area contributed by atoms with Crippen molar-refractivity contribution in [1.82, 2.24) is 20.2 Å². The van der Waals surface area contributed by atoms with E-state index in [4.69, 9.17) is 21.3 Å². The molecule has 7 nitrogen and oxygen atoms in total. The summed E-state index contributed by atoms with van der Waals surface area (Å²) >= 11 is 5.92. The van der Waals surface area contributed by atoms with Crippen LogP contribution >= 0.6 is 11.6 Å². The van der Waals surface area contributed by atoms with Crippen molar-refractivity contribution in [3.05, 3.63) is 70.5 Å². The SMILES string of the molecule is CCOc1ncccc1-c1ccc2c(n1)CN([C@H]1CCNC1)C(=O)C21CCN(c2ccc(Cl)cc2C(F)(F)F)CC1. The molecule has 3 aromatic rings. The third-order valence-corrected chi connectivity index (χ3v) is 8.74. The van der Waals surface area contributed by atoms with Crippen LogP contribution in [0.5, 0.6) is 5.88 Å². The number of amides is 1. The van der Waals surface area contributed by atoms with Gasteiger partial charge in [0.05, 0.1) is 41.1 Å². The van der Waals surface area contributed by atoms with Crippen LogP contribution in [0.2, 0.25) is 5.02 Å². The Morgan fingerprint density at radius 2 is 1.98 bits per heavy atom. The number of alkyl halides is 3. The Morgan fingerprint density at radius 1 is 1.17 bits per heavy atom. The zero-order chi connectivity index (χ0) is 28.8. The predicted molar refractivity (Wildman–Crippen MR) is 150 cm³/mol. The summed E-state index contributed by atoms with van der Waals surface area (Å²) < 4.78 is 47.4. The van der Waals surface area contributed by atoms with Crippen LogP contribution in [0.1, 0.15) is 43.0 Å². The number of pyridine rings is 2. The minimum atomic E-state index is -4.54. The molecule has 0 radical (unpaired) electrons. The van der Waals surface area contributed by atoms with Gasteiger partial charge in [-0.1, -0.05) is 17.7 Å². The Bertz CT molecular complexity index is 1450. The smallest absolute Gasteiger partial charge is 0.418 e. The maximum atomic E-state index is 14.3. The number of benzene rings is 1. The molecule has 11 heteroatoms. The van der Waals surface area contributed by atoms with Crippen molar-refractivity contribution in [3.8, 4) is 17.1 Å². The Labute approximate surface area is 241 Å². The van der Waals surface area contributed by atoms with Crippen LogP contribution < -0.4 is 15.0 Å². The van der Waals surface area contributed by atoms with Gasteiger partial charge in [-0.25, -0.2) is 4.98 Å². The molecule has 0 bridgehead atoms. The zero-order valence-corrected chi connectivity index (χ0v) is 23.4. The summed E-state index contributed by atoms with van der Waals surface area (Å²) in [5.41, 5.74) is 1.63. The number of piperidine rings is 1. The molecule has 216 valence electrons. The highest BCUT2D eigenvalue weighted by Gasteiger charge is 2.51. The van der Waals surface area contributed by atoms with Gasteiger partial charge in [0, 0.05) is 42.6 Å². The van der Waals surface area contributed by atoms with Gasteiger partial charge >= 0.3 is 6.18 Å². The number of nitrogens with one attached hydrogen (secondary N) is 1. The maximum Gasteiger partial charge on any atom is 0.418 e. The molecule has 1 atom stereocenters. The van der Waals surface area contributed by atoms with E-state index in [1.807, 2.05) is 36.1 Å². The Morgan fingerprint density at radius 3 is 2.68 bits per heavy atom. The zero-order valence-electron chi connectivity index (χ0n) is 22.7. The van der Waals surface area contributed by atoms with Crippen molar-refractivity contribution in [2.45, 2.75) is 50.4 Å². The van der Waals surface area contributed by atoms with Gasteiger partial charge in [0.15, 0.2) is 0 Å². The Kier molecular flexibility index (Phi) is 7.32. The Balaban J connectivity index is 1.38. The second-order valence-electron chi connectivity index (χ2n) is 10.8. The molecule has 41 heavy (non-hydrogen) atoms. The van der Waals surface area contributed by atoms with Crippen LogP contribution in [0.15, 0.2) is 48.7 Å². The van der Waals surface area contributed by atoms with Crippen LogP contribution in [0.3, 0.4) is 0 Å². The van der Waals surface area contributed by atoms with Crippen molar-refractivity contribution < 1.29 is 22.7 Å². The van der Waals surface area contributed by atoms with Crippen molar-refractivity contribution in [3.63, 3.8) is 0 Å². The van der Waals surface area contributed by atoms with E-state index in [-0.39, 0.29) is 22.7 Å². The summed E-state index contributed by atoms with van der Waals surface area (Å²) in [6.45, 7) is 4.89. The second-order valence-corrected chi connectivity index (χ2v) is 11.2. The first-order valence-electron chi connectivity index (χ1n) is 13.9. The van der Waals surface area contributed by atoms with Gasteiger partial charge in [0.25, 0.3) is 0 Å². The topological polar surface area (TPSA) is 70.6 Å². The van der Waals surface area contributed by atoms with Gasteiger partial charge in [0.1, 0.15) is 0 Å². The minimum absolute atomic E-state index is 0.0368. The number of rotatable bonds is 5. The van der Waals surface area contributed by atoms with E-state index in [0.29, 0.717) is 57.2 Å². The maximum absolute atomic E-state index is 14.3. The van der Waals surface area contributed by atoms with E-state index in [1.165, 1.54) is 12.1 Å². The van der Waals surface area contributed by atoms with Crippen LogP contribution in [-0.4, -0.2) is 59.6 Å². The second kappa shape index (κ2) is 10.8. The highest BCUT2D eigenvalue weighted by molar-refractivity contribution is 6.30. The normalized spacial score (nSPS) is 20.4. The van der Waals surface area contributed by atoms with Crippen molar-refractivity contribution in [2.24, 2.45) is 0 Å². The fourth-order valence-electron chi connectivity index (χ4n) is 6.49. The number of aromatic nitrogens is 2. The van der Waals surface area contributed by atoms with Crippen LogP contribution in [0, 0.1) is 0 Å². The molecule has 0 saturated carbocycles. The quantitative estimate of drug-likeness (QED) is 0.429. The van der Waals surface area contributed by atoms with Crippen molar-refractivity contribution in [1.29, 1.82) is 0 Å². The molecule has 2 fully saturated rings. The number of nitrogens with zero attached hydrogens (tertiary/aromatic N) is 4. The third kappa shape index (κ3) is 5.01. The standard InChI is InChI=1S/C30H31ClF3N5O2/c1-2-41-27-21(4-3-12-36-27)24-7-6-22-25(37-24)18-39(20-9-13-35-17-20)28(40)29(22)10-14-38(15-11-29)26-8-5-19(31)16-23(26)30(32,33)34/h3-8,12,16,20,35H,2,9-11,13-15,17-18H2,1H3/t20-/m0/s1. The highest BCUT2D eigenvalue weighted by atomic mass is 35.5. The summed E-state index contributed by atoms with van der Waals surface area (Å²) in [6, 6.07) is 11.5. The van der Waals surface area contributed by atoms with Gasteiger partial charge in [-0.2, -0.15) is 13.2 Å². The van der Waals surface area contributed by atoms with E-state index in [0.717, 1.165) is 35.9 Å². The monoisotopic (exact) mass is 585 g/mol. The number of hydrogen-bond donors (Lipinski definition) is 1. The molecule has 1 amide bonds. The third-order valence-electron chi connectivity index (χ3n) is 8.51. The number of ether oxygens (including phenoxy) is 1. The fraction of sp³-hybridized carbons (Fsp3) is 0.433. The van der Waals surface area contributed by atoms with Gasteiger partial charge in [0.2, 0.25) is 11.8 Å².